The van der Waals surface area contributed by atoms with Crippen LogP contribution in [0.2, 0.25) is 5.02 Å². The summed E-state index contributed by atoms with van der Waals surface area (Å²) < 4.78 is 14.2. The molecule has 2 nitrogen and oxygen atoms in total. The van der Waals surface area contributed by atoms with E-state index in [2.05, 4.69) is 20.9 Å². The van der Waals surface area contributed by atoms with E-state index in [4.69, 9.17) is 11.6 Å². The zero-order valence-electron chi connectivity index (χ0n) is 7.56. The van der Waals surface area contributed by atoms with Gasteiger partial charge in [0.2, 0.25) is 6.08 Å². The van der Waals surface area contributed by atoms with E-state index < -0.39 is 11.4 Å². The Hall–Kier alpha value is -0.700. The molecule has 0 N–H and O–H groups in total. The van der Waals surface area contributed by atoms with Crippen molar-refractivity contribution in [3.63, 3.8) is 0 Å². The third-order valence-corrected chi connectivity index (χ3v) is 3.77. The van der Waals surface area contributed by atoms with Crippen molar-refractivity contribution in [1.82, 2.24) is 0 Å². The van der Waals surface area contributed by atoms with E-state index >= 15 is 0 Å². The summed E-state index contributed by atoms with van der Waals surface area (Å²) in [6, 6.07) is 2.84. The molecule has 1 aliphatic rings. The van der Waals surface area contributed by atoms with E-state index in [1.54, 1.807) is 0 Å². The highest BCUT2D eigenvalue weighted by Gasteiger charge is 2.48. The van der Waals surface area contributed by atoms with Gasteiger partial charge in [-0.15, -0.1) is 0 Å². The first-order valence-electron chi connectivity index (χ1n) is 4.34. The van der Waals surface area contributed by atoms with Gasteiger partial charge in [-0.05, 0) is 40.9 Å². The number of isocyanates is 1. The Kier molecular flexibility index (Phi) is 2.67. The molecule has 5 heteroatoms. The molecule has 0 bridgehead atoms. The highest BCUT2D eigenvalue weighted by molar-refractivity contribution is 9.10. The second kappa shape index (κ2) is 3.71. The van der Waals surface area contributed by atoms with Crippen molar-refractivity contribution in [2.75, 3.05) is 0 Å². The van der Waals surface area contributed by atoms with Crippen molar-refractivity contribution < 1.29 is 9.18 Å². The first kappa shape index (κ1) is 10.8. The third kappa shape index (κ3) is 1.73. The van der Waals surface area contributed by atoms with Crippen molar-refractivity contribution in [2.24, 2.45) is 4.99 Å². The summed E-state index contributed by atoms with van der Waals surface area (Å²) in [6.07, 6.45) is 2.75. The number of carbonyl (C=O) groups excluding carboxylic acids is 1. The Morgan fingerprint density at radius 3 is 2.73 bits per heavy atom. The molecule has 0 aliphatic heterocycles. The lowest BCUT2D eigenvalue weighted by atomic mass is 10.1. The van der Waals surface area contributed by atoms with Gasteiger partial charge in [-0.25, -0.2) is 9.18 Å². The lowest BCUT2D eigenvalue weighted by Gasteiger charge is -2.12. The van der Waals surface area contributed by atoms with Crippen LogP contribution in [-0.2, 0) is 10.3 Å². The van der Waals surface area contributed by atoms with Gasteiger partial charge < -0.3 is 0 Å². The number of benzene rings is 1. The van der Waals surface area contributed by atoms with Gasteiger partial charge in [-0.1, -0.05) is 11.6 Å². The minimum absolute atomic E-state index is 0.284. The molecule has 0 saturated heterocycles. The molecule has 0 heterocycles. The van der Waals surface area contributed by atoms with E-state index in [0.717, 1.165) is 0 Å². The molecule has 0 spiro atoms. The summed E-state index contributed by atoms with van der Waals surface area (Å²) >= 11 is 9.19. The summed E-state index contributed by atoms with van der Waals surface area (Å²) in [6.45, 7) is 0. The minimum Gasteiger partial charge on any atom is -0.211 e. The van der Waals surface area contributed by atoms with Crippen LogP contribution in [0.1, 0.15) is 18.4 Å². The Morgan fingerprint density at radius 2 is 2.20 bits per heavy atom. The van der Waals surface area contributed by atoms with Gasteiger partial charge in [0.05, 0.1) is 5.02 Å². The fourth-order valence-corrected chi connectivity index (χ4v) is 2.24. The summed E-state index contributed by atoms with van der Waals surface area (Å²) in [5, 5.41) is 0.284. The Labute approximate surface area is 99.3 Å². The van der Waals surface area contributed by atoms with Crippen molar-refractivity contribution >= 4 is 33.6 Å². The van der Waals surface area contributed by atoms with E-state index in [0.29, 0.717) is 22.9 Å². The van der Waals surface area contributed by atoms with Crippen molar-refractivity contribution in [3.8, 4) is 0 Å². The summed E-state index contributed by atoms with van der Waals surface area (Å²) in [4.78, 5) is 13.9. The molecule has 0 unspecified atom stereocenters. The maximum atomic E-state index is 13.6. The normalized spacial score (nSPS) is 17.0. The molecule has 1 aliphatic carbocycles. The van der Waals surface area contributed by atoms with Crippen LogP contribution < -0.4 is 0 Å². The van der Waals surface area contributed by atoms with Gasteiger partial charge in [-0.3, -0.25) is 0 Å². The van der Waals surface area contributed by atoms with Crippen LogP contribution in [0, 0.1) is 5.82 Å². The number of hydrogen-bond donors (Lipinski definition) is 0. The second-order valence-electron chi connectivity index (χ2n) is 3.45. The topological polar surface area (TPSA) is 29.4 Å². The molecular weight excluding hydrogens is 284 g/mol. The number of halogens is 3. The Morgan fingerprint density at radius 1 is 1.53 bits per heavy atom. The van der Waals surface area contributed by atoms with Gasteiger partial charge in [0.15, 0.2) is 0 Å². The van der Waals surface area contributed by atoms with Gasteiger partial charge in [0.1, 0.15) is 11.4 Å². The molecule has 1 aromatic rings. The first-order chi connectivity index (χ1) is 7.10. The largest absolute Gasteiger partial charge is 0.235 e. The number of aliphatic imine (C=N–C) groups is 1. The van der Waals surface area contributed by atoms with Gasteiger partial charge in [0.25, 0.3) is 0 Å². The number of hydrogen-bond acceptors (Lipinski definition) is 2. The molecule has 78 valence electrons. The van der Waals surface area contributed by atoms with Crippen LogP contribution in [0.25, 0.3) is 0 Å². The van der Waals surface area contributed by atoms with E-state index in [9.17, 15) is 9.18 Å². The molecular formula is C10H6BrClFNO. The highest BCUT2D eigenvalue weighted by Crippen LogP contribution is 2.53. The van der Waals surface area contributed by atoms with Crippen molar-refractivity contribution in [1.29, 1.82) is 0 Å². The maximum absolute atomic E-state index is 13.6. The molecule has 1 saturated carbocycles. The fraction of sp³-hybridized carbons (Fsp3) is 0.300. The monoisotopic (exact) mass is 289 g/mol. The molecule has 15 heavy (non-hydrogen) atoms. The first-order valence-corrected chi connectivity index (χ1v) is 5.51. The standard InChI is InChI=1S/C10H6BrClFNO/c11-6-1-2-7(13)8(9(6)12)10(3-4-10)14-5-15/h1-2H,3-4H2. The summed E-state index contributed by atoms with van der Waals surface area (Å²) in [7, 11) is 0. The predicted octanol–water partition coefficient (Wildman–Crippen LogP) is 3.57. The Bertz CT molecular complexity index is 467. The zero-order chi connectivity index (χ0) is 11.1. The maximum Gasteiger partial charge on any atom is 0.235 e. The van der Waals surface area contributed by atoms with E-state index in [1.807, 2.05) is 0 Å². The minimum atomic E-state index is -0.771. The van der Waals surface area contributed by atoms with Crippen LogP contribution in [-0.4, -0.2) is 6.08 Å². The molecule has 1 fully saturated rings. The molecule has 0 radical (unpaired) electrons. The second-order valence-corrected chi connectivity index (χ2v) is 4.69. The van der Waals surface area contributed by atoms with Crippen molar-refractivity contribution in [2.45, 2.75) is 18.4 Å². The zero-order valence-corrected chi connectivity index (χ0v) is 9.90. The van der Waals surface area contributed by atoms with Crippen LogP contribution in [0.15, 0.2) is 21.6 Å². The van der Waals surface area contributed by atoms with Gasteiger partial charge in [-0.2, -0.15) is 4.99 Å². The van der Waals surface area contributed by atoms with E-state index in [-0.39, 0.29) is 5.02 Å². The Balaban J connectivity index is 2.62. The average molecular weight is 291 g/mol. The van der Waals surface area contributed by atoms with Gasteiger partial charge in [0, 0.05) is 10.0 Å². The number of nitrogens with zero attached hydrogens (tertiary/aromatic N) is 1. The van der Waals surface area contributed by atoms with Crippen LogP contribution >= 0.6 is 27.5 Å². The average Bonchev–Trinajstić information content (AvgIpc) is 2.94. The van der Waals surface area contributed by atoms with Gasteiger partial charge >= 0.3 is 0 Å². The lowest BCUT2D eigenvalue weighted by Crippen LogP contribution is -2.07. The van der Waals surface area contributed by atoms with Crippen LogP contribution in [0.3, 0.4) is 0 Å². The van der Waals surface area contributed by atoms with E-state index in [1.165, 1.54) is 18.2 Å². The quantitative estimate of drug-likeness (QED) is 0.465. The van der Waals surface area contributed by atoms with Crippen molar-refractivity contribution in [3.05, 3.63) is 33.0 Å². The fourth-order valence-electron chi connectivity index (χ4n) is 1.58. The molecule has 0 atom stereocenters. The SMILES string of the molecule is O=C=NC1(c2c(F)ccc(Br)c2Cl)CC1. The summed E-state index contributed by atoms with van der Waals surface area (Å²) in [5.41, 5.74) is -0.478. The molecule has 0 amide bonds. The summed E-state index contributed by atoms with van der Waals surface area (Å²) in [5.74, 6) is -0.431. The predicted molar refractivity (Wildman–Crippen MR) is 58.1 cm³/mol. The molecule has 0 aromatic heterocycles. The number of rotatable bonds is 2. The van der Waals surface area contributed by atoms with Crippen LogP contribution in [0.4, 0.5) is 4.39 Å². The highest BCUT2D eigenvalue weighted by atomic mass is 79.9. The smallest absolute Gasteiger partial charge is 0.211 e. The lowest BCUT2D eigenvalue weighted by molar-refractivity contribution is 0.547. The molecule has 2 rings (SSSR count). The molecule has 1 aromatic carbocycles. The third-order valence-electron chi connectivity index (χ3n) is 2.49. The van der Waals surface area contributed by atoms with Crippen LogP contribution in [0.5, 0.6) is 0 Å².